The fraction of sp³-hybridized carbons (Fsp3) is 0.917. The van der Waals surface area contributed by atoms with E-state index in [0.29, 0.717) is 12.5 Å². The molecule has 1 rings (SSSR count). The first-order chi connectivity index (χ1) is 7.50. The lowest BCUT2D eigenvalue weighted by Gasteiger charge is -2.18. The molecule has 1 aliphatic rings. The van der Waals surface area contributed by atoms with Crippen molar-refractivity contribution in [1.82, 2.24) is 10.2 Å². The first-order valence-corrected chi connectivity index (χ1v) is 6.12. The predicted molar refractivity (Wildman–Crippen MR) is 64.4 cm³/mol. The van der Waals surface area contributed by atoms with Gasteiger partial charge in [0.1, 0.15) is 0 Å². The van der Waals surface area contributed by atoms with Gasteiger partial charge in [0.2, 0.25) is 0 Å². The van der Waals surface area contributed by atoms with Crippen LogP contribution in [-0.4, -0.2) is 49.2 Å². The smallest absolute Gasteiger partial charge is 0.308 e. The monoisotopic (exact) mass is 228 g/mol. The Balaban J connectivity index is 2.20. The zero-order valence-corrected chi connectivity index (χ0v) is 10.6. The zero-order valence-electron chi connectivity index (χ0n) is 10.6. The van der Waals surface area contributed by atoms with Crippen LogP contribution in [0.3, 0.4) is 0 Å². The Bertz CT molecular complexity index is 231. The molecule has 0 aromatic carbocycles. The molecule has 1 aliphatic heterocycles. The van der Waals surface area contributed by atoms with Crippen LogP contribution in [0.1, 0.15) is 20.3 Å². The average Bonchev–Trinajstić information content (AvgIpc) is 2.57. The Hall–Kier alpha value is -0.610. The van der Waals surface area contributed by atoms with Crippen LogP contribution in [0.15, 0.2) is 0 Å². The van der Waals surface area contributed by atoms with Crippen LogP contribution in [0, 0.1) is 17.8 Å². The maximum Gasteiger partial charge on any atom is 0.308 e. The molecule has 0 aliphatic carbocycles. The molecule has 16 heavy (non-hydrogen) atoms. The molecule has 0 spiro atoms. The Morgan fingerprint density at radius 1 is 1.56 bits per heavy atom. The number of nitrogens with one attached hydrogen (secondary N) is 1. The molecule has 0 amide bonds. The van der Waals surface area contributed by atoms with Crippen molar-refractivity contribution >= 4 is 5.97 Å². The number of aliphatic carboxylic acids is 1. The van der Waals surface area contributed by atoms with E-state index >= 15 is 0 Å². The van der Waals surface area contributed by atoms with E-state index in [0.717, 1.165) is 13.1 Å². The van der Waals surface area contributed by atoms with E-state index in [1.54, 1.807) is 0 Å². The van der Waals surface area contributed by atoms with Crippen molar-refractivity contribution in [3.05, 3.63) is 0 Å². The fourth-order valence-corrected chi connectivity index (χ4v) is 2.24. The van der Waals surface area contributed by atoms with Gasteiger partial charge < -0.3 is 15.3 Å². The highest BCUT2D eigenvalue weighted by Gasteiger charge is 2.23. The van der Waals surface area contributed by atoms with E-state index in [9.17, 15) is 4.79 Å². The largest absolute Gasteiger partial charge is 0.481 e. The standard InChI is InChI=1S/C12H24N2O2/c1-9(2)11(12(15)16)7-13-6-10-4-5-14(3)8-10/h9-11,13H,4-8H2,1-3H3,(H,15,16). The minimum Gasteiger partial charge on any atom is -0.481 e. The molecule has 2 unspecified atom stereocenters. The van der Waals surface area contributed by atoms with Gasteiger partial charge in [0, 0.05) is 13.1 Å². The molecular formula is C12H24N2O2. The van der Waals surface area contributed by atoms with Crippen molar-refractivity contribution in [2.45, 2.75) is 20.3 Å². The van der Waals surface area contributed by atoms with E-state index in [2.05, 4.69) is 17.3 Å². The number of carboxylic acid groups (broad SMARTS) is 1. The summed E-state index contributed by atoms with van der Waals surface area (Å²) in [6.45, 7) is 7.76. The molecule has 4 nitrogen and oxygen atoms in total. The predicted octanol–water partition coefficient (Wildman–Crippen LogP) is 0.885. The molecular weight excluding hydrogens is 204 g/mol. The normalized spacial score (nSPS) is 23.9. The van der Waals surface area contributed by atoms with Crippen molar-refractivity contribution in [1.29, 1.82) is 0 Å². The van der Waals surface area contributed by atoms with Crippen LogP contribution in [0.2, 0.25) is 0 Å². The third-order valence-electron chi connectivity index (χ3n) is 3.41. The molecule has 0 saturated carbocycles. The molecule has 1 heterocycles. The Kier molecular flexibility index (Phi) is 5.22. The summed E-state index contributed by atoms with van der Waals surface area (Å²) in [6.07, 6.45) is 1.23. The van der Waals surface area contributed by atoms with Gasteiger partial charge in [0.25, 0.3) is 0 Å². The first-order valence-electron chi connectivity index (χ1n) is 6.12. The number of likely N-dealkylation sites (tertiary alicyclic amines) is 1. The molecule has 0 aromatic rings. The first kappa shape index (κ1) is 13.5. The summed E-state index contributed by atoms with van der Waals surface area (Å²) >= 11 is 0. The number of carbonyl (C=O) groups is 1. The van der Waals surface area contributed by atoms with E-state index in [-0.39, 0.29) is 11.8 Å². The highest BCUT2D eigenvalue weighted by Crippen LogP contribution is 2.14. The fourth-order valence-electron chi connectivity index (χ4n) is 2.24. The van der Waals surface area contributed by atoms with Crippen molar-refractivity contribution in [3.8, 4) is 0 Å². The Morgan fingerprint density at radius 3 is 2.69 bits per heavy atom. The molecule has 0 radical (unpaired) electrons. The SMILES string of the molecule is CC(C)C(CNCC1CCN(C)C1)C(=O)O. The van der Waals surface area contributed by atoms with Crippen LogP contribution in [0.4, 0.5) is 0 Å². The van der Waals surface area contributed by atoms with Crippen LogP contribution < -0.4 is 5.32 Å². The third-order valence-corrected chi connectivity index (χ3v) is 3.41. The Morgan fingerprint density at radius 2 is 2.25 bits per heavy atom. The van der Waals surface area contributed by atoms with Gasteiger partial charge in [-0.3, -0.25) is 4.79 Å². The lowest BCUT2D eigenvalue weighted by Crippen LogP contribution is -2.35. The summed E-state index contributed by atoms with van der Waals surface area (Å²) in [5.41, 5.74) is 0. The second-order valence-corrected chi connectivity index (χ2v) is 5.26. The van der Waals surface area contributed by atoms with Gasteiger partial charge in [-0.15, -0.1) is 0 Å². The summed E-state index contributed by atoms with van der Waals surface area (Å²) in [5.74, 6) is -0.0759. The van der Waals surface area contributed by atoms with Gasteiger partial charge in [0.05, 0.1) is 5.92 Å². The molecule has 2 atom stereocenters. The minimum absolute atomic E-state index is 0.191. The van der Waals surface area contributed by atoms with Crippen molar-refractivity contribution in [2.24, 2.45) is 17.8 Å². The molecule has 0 bridgehead atoms. The Labute approximate surface area is 98.0 Å². The van der Waals surface area contributed by atoms with Crippen molar-refractivity contribution in [3.63, 3.8) is 0 Å². The lowest BCUT2D eigenvalue weighted by atomic mass is 9.96. The highest BCUT2D eigenvalue weighted by atomic mass is 16.4. The van der Waals surface area contributed by atoms with E-state index in [1.807, 2.05) is 13.8 Å². The number of hydrogen-bond acceptors (Lipinski definition) is 3. The number of carboxylic acids is 1. The van der Waals surface area contributed by atoms with E-state index < -0.39 is 5.97 Å². The van der Waals surface area contributed by atoms with Crippen LogP contribution in [0.25, 0.3) is 0 Å². The maximum atomic E-state index is 11.0. The van der Waals surface area contributed by atoms with Crippen molar-refractivity contribution in [2.75, 3.05) is 33.2 Å². The molecule has 1 fully saturated rings. The van der Waals surface area contributed by atoms with E-state index in [4.69, 9.17) is 5.11 Å². The topological polar surface area (TPSA) is 52.6 Å². The van der Waals surface area contributed by atoms with Gasteiger partial charge >= 0.3 is 5.97 Å². The second-order valence-electron chi connectivity index (χ2n) is 5.26. The minimum atomic E-state index is -0.689. The molecule has 2 N–H and O–H groups in total. The maximum absolute atomic E-state index is 11.0. The quantitative estimate of drug-likeness (QED) is 0.709. The van der Waals surface area contributed by atoms with Gasteiger partial charge in [-0.1, -0.05) is 13.8 Å². The van der Waals surface area contributed by atoms with Crippen LogP contribution >= 0.6 is 0 Å². The van der Waals surface area contributed by atoms with Gasteiger partial charge in [-0.25, -0.2) is 0 Å². The average molecular weight is 228 g/mol. The third kappa shape index (κ3) is 4.10. The van der Waals surface area contributed by atoms with Crippen LogP contribution in [-0.2, 0) is 4.79 Å². The van der Waals surface area contributed by atoms with Crippen LogP contribution in [0.5, 0.6) is 0 Å². The van der Waals surface area contributed by atoms with E-state index in [1.165, 1.54) is 13.0 Å². The summed E-state index contributed by atoms with van der Waals surface area (Å²) in [6, 6.07) is 0. The molecule has 1 saturated heterocycles. The number of hydrogen-bond donors (Lipinski definition) is 2. The zero-order chi connectivity index (χ0) is 12.1. The summed E-state index contributed by atoms with van der Waals surface area (Å²) in [7, 11) is 2.13. The molecule has 4 heteroatoms. The van der Waals surface area contributed by atoms with Gasteiger partial charge in [-0.2, -0.15) is 0 Å². The number of rotatable bonds is 6. The van der Waals surface area contributed by atoms with Crippen molar-refractivity contribution < 1.29 is 9.90 Å². The summed E-state index contributed by atoms with van der Waals surface area (Å²) < 4.78 is 0. The number of nitrogens with zero attached hydrogens (tertiary/aromatic N) is 1. The molecule has 94 valence electrons. The van der Waals surface area contributed by atoms with Gasteiger partial charge in [0.15, 0.2) is 0 Å². The highest BCUT2D eigenvalue weighted by molar-refractivity contribution is 5.70. The second kappa shape index (κ2) is 6.21. The lowest BCUT2D eigenvalue weighted by molar-refractivity contribution is -0.143. The van der Waals surface area contributed by atoms with Gasteiger partial charge in [-0.05, 0) is 38.4 Å². The summed E-state index contributed by atoms with van der Waals surface area (Å²) in [4.78, 5) is 13.3. The molecule has 0 aromatic heterocycles. The summed E-state index contributed by atoms with van der Waals surface area (Å²) in [5, 5.41) is 12.3.